The molecule has 0 aliphatic carbocycles. The van der Waals surface area contributed by atoms with Gasteiger partial charge in [-0.25, -0.2) is 4.68 Å². The number of hydrogen-bond acceptors (Lipinski definition) is 4. The number of carbonyl (C=O) groups is 1. The molecule has 2 aromatic carbocycles. The first-order valence-corrected chi connectivity index (χ1v) is 9.56. The van der Waals surface area contributed by atoms with Gasteiger partial charge in [0.15, 0.2) is 0 Å². The lowest BCUT2D eigenvalue weighted by Crippen LogP contribution is -2.23. The van der Waals surface area contributed by atoms with E-state index in [4.69, 9.17) is 4.74 Å². The van der Waals surface area contributed by atoms with Crippen molar-refractivity contribution in [2.45, 2.75) is 33.2 Å². The molecule has 0 saturated carbocycles. The van der Waals surface area contributed by atoms with Crippen molar-refractivity contribution in [2.24, 2.45) is 0 Å². The van der Waals surface area contributed by atoms with Crippen LogP contribution in [0.25, 0.3) is 11.3 Å². The van der Waals surface area contributed by atoms with Crippen molar-refractivity contribution < 1.29 is 9.53 Å². The number of amides is 1. The van der Waals surface area contributed by atoms with Crippen LogP contribution in [-0.4, -0.2) is 22.8 Å². The average molecular weight is 391 g/mol. The molecule has 150 valence electrons. The minimum Gasteiger partial charge on any atom is -0.497 e. The number of nitrogens with one attached hydrogen (secondary N) is 1. The van der Waals surface area contributed by atoms with Crippen LogP contribution in [0.5, 0.6) is 5.75 Å². The van der Waals surface area contributed by atoms with Gasteiger partial charge in [0, 0.05) is 30.3 Å². The highest BCUT2D eigenvalue weighted by Gasteiger charge is 2.07. The van der Waals surface area contributed by atoms with Crippen molar-refractivity contribution in [3.8, 4) is 17.0 Å². The Bertz CT molecular complexity index is 1060. The van der Waals surface area contributed by atoms with Crippen molar-refractivity contribution in [3.63, 3.8) is 0 Å². The summed E-state index contributed by atoms with van der Waals surface area (Å²) in [5, 5.41) is 7.36. The highest BCUT2D eigenvalue weighted by molar-refractivity contribution is 5.91. The minimum atomic E-state index is -0.183. The molecule has 1 N–H and O–H groups in total. The predicted molar refractivity (Wildman–Crippen MR) is 114 cm³/mol. The summed E-state index contributed by atoms with van der Waals surface area (Å²) in [6.07, 6.45) is 0.837. The van der Waals surface area contributed by atoms with Gasteiger partial charge >= 0.3 is 0 Å². The lowest BCUT2D eigenvalue weighted by atomic mass is 10.1. The molecule has 3 rings (SSSR count). The van der Waals surface area contributed by atoms with Crippen LogP contribution in [0.3, 0.4) is 0 Å². The maximum absolute atomic E-state index is 12.2. The second-order valence-corrected chi connectivity index (χ2v) is 6.98. The molecule has 29 heavy (non-hydrogen) atoms. The Balaban J connectivity index is 1.61. The maximum atomic E-state index is 12.2. The molecule has 0 bridgehead atoms. The molecular weight excluding hydrogens is 366 g/mol. The fourth-order valence-corrected chi connectivity index (χ4v) is 3.08. The van der Waals surface area contributed by atoms with E-state index in [2.05, 4.69) is 10.4 Å². The number of rotatable bonds is 7. The summed E-state index contributed by atoms with van der Waals surface area (Å²) in [6.45, 7) is 4.36. The van der Waals surface area contributed by atoms with Crippen LogP contribution >= 0.6 is 0 Å². The Morgan fingerprint density at radius 1 is 1.07 bits per heavy atom. The van der Waals surface area contributed by atoms with E-state index in [0.717, 1.165) is 28.1 Å². The number of aryl methyl sites for hydroxylation is 3. The molecule has 0 aliphatic heterocycles. The number of anilines is 1. The van der Waals surface area contributed by atoms with Crippen LogP contribution in [0.4, 0.5) is 5.69 Å². The van der Waals surface area contributed by atoms with Gasteiger partial charge < -0.3 is 10.1 Å². The normalized spacial score (nSPS) is 10.6. The summed E-state index contributed by atoms with van der Waals surface area (Å²) < 4.78 is 6.57. The Morgan fingerprint density at radius 2 is 1.83 bits per heavy atom. The van der Waals surface area contributed by atoms with E-state index in [-0.39, 0.29) is 11.5 Å². The van der Waals surface area contributed by atoms with Crippen molar-refractivity contribution >= 4 is 11.6 Å². The summed E-state index contributed by atoms with van der Waals surface area (Å²) in [4.78, 5) is 24.4. The van der Waals surface area contributed by atoms with Crippen LogP contribution < -0.4 is 15.6 Å². The smallest absolute Gasteiger partial charge is 0.266 e. The van der Waals surface area contributed by atoms with E-state index >= 15 is 0 Å². The molecule has 0 aliphatic rings. The fourth-order valence-electron chi connectivity index (χ4n) is 3.08. The van der Waals surface area contributed by atoms with E-state index in [1.807, 2.05) is 56.3 Å². The topological polar surface area (TPSA) is 73.2 Å². The molecule has 6 nitrogen and oxygen atoms in total. The van der Waals surface area contributed by atoms with Gasteiger partial charge in [0.05, 0.1) is 12.8 Å². The molecule has 0 atom stereocenters. The van der Waals surface area contributed by atoms with E-state index in [0.29, 0.717) is 25.1 Å². The number of benzene rings is 2. The zero-order valence-electron chi connectivity index (χ0n) is 16.9. The van der Waals surface area contributed by atoms with E-state index < -0.39 is 0 Å². The lowest BCUT2D eigenvalue weighted by molar-refractivity contribution is -0.116. The highest BCUT2D eigenvalue weighted by atomic mass is 16.5. The average Bonchev–Trinajstić information content (AvgIpc) is 2.71. The third-order valence-corrected chi connectivity index (χ3v) is 4.68. The zero-order valence-corrected chi connectivity index (χ0v) is 16.9. The maximum Gasteiger partial charge on any atom is 0.266 e. The Labute approximate surface area is 170 Å². The zero-order chi connectivity index (χ0) is 20.8. The third kappa shape index (κ3) is 5.31. The first kappa shape index (κ1) is 20.3. The molecule has 1 aromatic heterocycles. The van der Waals surface area contributed by atoms with E-state index in [9.17, 15) is 9.59 Å². The second-order valence-electron chi connectivity index (χ2n) is 6.98. The molecule has 0 fully saturated rings. The van der Waals surface area contributed by atoms with Gasteiger partial charge in [0.1, 0.15) is 5.75 Å². The molecule has 1 heterocycles. The summed E-state index contributed by atoms with van der Waals surface area (Å²) >= 11 is 0. The molecule has 0 unspecified atom stereocenters. The number of ether oxygens (including phenoxy) is 1. The van der Waals surface area contributed by atoms with Gasteiger partial charge in [-0.05, 0) is 62.2 Å². The fraction of sp³-hybridized carbons (Fsp3) is 0.261. The second kappa shape index (κ2) is 9.19. The third-order valence-electron chi connectivity index (χ3n) is 4.68. The van der Waals surface area contributed by atoms with Gasteiger partial charge in [0.2, 0.25) is 5.91 Å². The number of nitrogens with zero attached hydrogens (tertiary/aromatic N) is 2. The van der Waals surface area contributed by atoms with Crippen molar-refractivity contribution in [2.75, 3.05) is 12.4 Å². The van der Waals surface area contributed by atoms with Crippen LogP contribution in [0.15, 0.2) is 59.4 Å². The summed E-state index contributed by atoms with van der Waals surface area (Å²) in [5.74, 6) is 0.688. The molecular formula is C23H25N3O3. The lowest BCUT2D eigenvalue weighted by Gasteiger charge is -2.10. The number of methoxy groups -OCH3 is 1. The van der Waals surface area contributed by atoms with Crippen LogP contribution in [-0.2, 0) is 11.3 Å². The molecule has 1 amide bonds. The Morgan fingerprint density at radius 3 is 2.52 bits per heavy atom. The molecule has 0 radical (unpaired) electrons. The first-order valence-electron chi connectivity index (χ1n) is 9.56. The van der Waals surface area contributed by atoms with Gasteiger partial charge in [-0.3, -0.25) is 9.59 Å². The van der Waals surface area contributed by atoms with Gasteiger partial charge in [-0.15, -0.1) is 0 Å². The molecule has 0 spiro atoms. The van der Waals surface area contributed by atoms with Crippen molar-refractivity contribution in [1.29, 1.82) is 0 Å². The standard InChI is InChI=1S/C23H25N3O3/c1-16-6-11-20(17(2)15-16)24-22(27)5-4-14-26-23(28)13-12-21(25-26)18-7-9-19(29-3)10-8-18/h6-13,15H,4-5,14H2,1-3H3,(H,24,27). The molecule has 0 saturated heterocycles. The van der Waals surface area contributed by atoms with Crippen molar-refractivity contribution in [1.82, 2.24) is 9.78 Å². The quantitative estimate of drug-likeness (QED) is 0.662. The minimum absolute atomic E-state index is 0.0729. The van der Waals surface area contributed by atoms with Crippen molar-refractivity contribution in [3.05, 3.63) is 76.1 Å². The van der Waals surface area contributed by atoms with E-state index in [1.54, 1.807) is 13.2 Å². The monoisotopic (exact) mass is 391 g/mol. The largest absolute Gasteiger partial charge is 0.497 e. The number of aromatic nitrogens is 2. The number of carbonyl (C=O) groups excluding carboxylic acids is 1. The first-order chi connectivity index (χ1) is 14.0. The van der Waals surface area contributed by atoms with E-state index in [1.165, 1.54) is 10.7 Å². The van der Waals surface area contributed by atoms with Crippen LogP contribution in [0.2, 0.25) is 0 Å². The SMILES string of the molecule is COc1ccc(-c2ccc(=O)n(CCCC(=O)Nc3ccc(C)cc3C)n2)cc1. The van der Waals surface area contributed by atoms with Crippen LogP contribution in [0.1, 0.15) is 24.0 Å². The van der Waals surface area contributed by atoms with Crippen LogP contribution in [0, 0.1) is 13.8 Å². The summed E-state index contributed by atoms with van der Waals surface area (Å²) in [6, 6.07) is 16.6. The Kier molecular flexibility index (Phi) is 6.44. The Hall–Kier alpha value is -3.41. The summed E-state index contributed by atoms with van der Waals surface area (Å²) in [7, 11) is 1.61. The summed E-state index contributed by atoms with van der Waals surface area (Å²) in [5.41, 5.74) is 4.42. The van der Waals surface area contributed by atoms with Gasteiger partial charge in [-0.1, -0.05) is 17.7 Å². The highest BCUT2D eigenvalue weighted by Crippen LogP contribution is 2.20. The van der Waals surface area contributed by atoms with Gasteiger partial charge in [0.25, 0.3) is 5.56 Å². The predicted octanol–water partition coefficient (Wildman–Crippen LogP) is 3.95. The molecule has 3 aromatic rings. The van der Waals surface area contributed by atoms with Gasteiger partial charge in [-0.2, -0.15) is 5.10 Å². The number of hydrogen-bond donors (Lipinski definition) is 1. The molecule has 6 heteroatoms.